The Morgan fingerprint density at radius 3 is 2.71 bits per heavy atom. The molecule has 3 nitrogen and oxygen atoms in total. The summed E-state index contributed by atoms with van der Waals surface area (Å²) < 4.78 is 43.2. The summed E-state index contributed by atoms with van der Waals surface area (Å²) in [5, 5.41) is 4.10. The lowest BCUT2D eigenvalue weighted by atomic mass is 10.2. The third-order valence-electron chi connectivity index (χ3n) is 3.00. The van der Waals surface area contributed by atoms with E-state index in [0.29, 0.717) is 17.1 Å². The smallest absolute Gasteiger partial charge is 0.427 e. The van der Waals surface area contributed by atoms with Crippen LogP contribution < -0.4 is 5.32 Å². The maximum absolute atomic E-state index is 12.5. The second-order valence-electron chi connectivity index (χ2n) is 4.58. The van der Waals surface area contributed by atoms with Crippen molar-refractivity contribution in [3.05, 3.63) is 47.2 Å². The molecule has 0 fully saturated rings. The van der Waals surface area contributed by atoms with Gasteiger partial charge in [-0.1, -0.05) is 29.5 Å². The van der Waals surface area contributed by atoms with E-state index < -0.39 is 11.1 Å². The van der Waals surface area contributed by atoms with E-state index in [4.69, 9.17) is 4.42 Å². The molecule has 7 heteroatoms. The highest BCUT2D eigenvalue weighted by Gasteiger charge is 2.33. The number of aromatic nitrogens is 1. The van der Waals surface area contributed by atoms with Gasteiger partial charge in [-0.25, -0.2) is 4.98 Å². The summed E-state index contributed by atoms with van der Waals surface area (Å²) in [6.45, 7) is 1.81. The average Bonchev–Trinajstić information content (AvgIpc) is 3.03. The standard InChI is InChI=1S/C14H11F3N2OS/c1-8(11-6-9-4-2-3-5-10(9)20-11)19-13-18-7-12(21-13)14(15,16)17/h2-8H,1H3,(H,18,19). The lowest BCUT2D eigenvalue weighted by molar-refractivity contribution is -0.134. The first kappa shape index (κ1) is 13.9. The number of rotatable bonds is 3. The number of hydrogen-bond acceptors (Lipinski definition) is 4. The van der Waals surface area contributed by atoms with Gasteiger partial charge in [0.2, 0.25) is 0 Å². The highest BCUT2D eigenvalue weighted by Crippen LogP contribution is 2.36. The largest absolute Gasteiger partial charge is 0.459 e. The summed E-state index contributed by atoms with van der Waals surface area (Å²) in [4.78, 5) is 3.03. The van der Waals surface area contributed by atoms with Gasteiger partial charge in [-0.3, -0.25) is 0 Å². The Morgan fingerprint density at radius 1 is 1.29 bits per heavy atom. The van der Waals surface area contributed by atoms with Crippen LogP contribution in [0.25, 0.3) is 11.0 Å². The topological polar surface area (TPSA) is 38.1 Å². The normalized spacial score (nSPS) is 13.5. The second kappa shape index (κ2) is 5.07. The highest BCUT2D eigenvalue weighted by atomic mass is 32.1. The Bertz CT molecular complexity index is 730. The first-order chi connectivity index (χ1) is 9.93. The van der Waals surface area contributed by atoms with Crippen LogP contribution in [0, 0.1) is 0 Å². The Hall–Kier alpha value is -2.02. The van der Waals surface area contributed by atoms with Crippen LogP contribution in [0.1, 0.15) is 23.6 Å². The first-order valence-corrected chi connectivity index (χ1v) is 7.03. The molecule has 110 valence electrons. The van der Waals surface area contributed by atoms with Gasteiger partial charge < -0.3 is 9.73 Å². The maximum atomic E-state index is 12.5. The fourth-order valence-electron chi connectivity index (χ4n) is 1.94. The van der Waals surface area contributed by atoms with Gasteiger partial charge in [0.25, 0.3) is 0 Å². The van der Waals surface area contributed by atoms with E-state index in [2.05, 4.69) is 10.3 Å². The predicted molar refractivity (Wildman–Crippen MR) is 75.4 cm³/mol. The molecule has 1 N–H and O–H groups in total. The summed E-state index contributed by atoms with van der Waals surface area (Å²) in [5.74, 6) is 0.653. The van der Waals surface area contributed by atoms with Gasteiger partial charge >= 0.3 is 6.18 Å². The molecule has 0 aliphatic heterocycles. The molecule has 0 saturated heterocycles. The van der Waals surface area contributed by atoms with E-state index in [0.717, 1.165) is 17.2 Å². The lowest BCUT2D eigenvalue weighted by Gasteiger charge is -2.09. The Labute approximate surface area is 122 Å². The minimum absolute atomic E-state index is 0.218. The van der Waals surface area contributed by atoms with Crippen molar-refractivity contribution in [1.82, 2.24) is 4.98 Å². The third-order valence-corrected chi connectivity index (χ3v) is 3.97. The maximum Gasteiger partial charge on any atom is 0.427 e. The van der Waals surface area contributed by atoms with Gasteiger partial charge in [0.1, 0.15) is 16.2 Å². The molecular formula is C14H11F3N2OS. The summed E-state index contributed by atoms with van der Waals surface area (Å²) in [7, 11) is 0. The Morgan fingerprint density at radius 2 is 2.05 bits per heavy atom. The molecule has 0 saturated carbocycles. The van der Waals surface area contributed by atoms with E-state index in [9.17, 15) is 13.2 Å². The van der Waals surface area contributed by atoms with Crippen molar-refractivity contribution in [2.45, 2.75) is 19.1 Å². The van der Waals surface area contributed by atoms with Crippen LogP contribution >= 0.6 is 11.3 Å². The van der Waals surface area contributed by atoms with Crippen LogP contribution in [0.4, 0.5) is 18.3 Å². The number of para-hydroxylation sites is 1. The van der Waals surface area contributed by atoms with Crippen molar-refractivity contribution in [2.24, 2.45) is 0 Å². The molecule has 0 radical (unpaired) electrons. The molecule has 0 spiro atoms. The molecule has 3 rings (SSSR count). The van der Waals surface area contributed by atoms with Crippen LogP contribution in [0.3, 0.4) is 0 Å². The number of alkyl halides is 3. The number of fused-ring (bicyclic) bond motifs is 1. The highest BCUT2D eigenvalue weighted by molar-refractivity contribution is 7.15. The molecule has 1 unspecified atom stereocenters. The summed E-state index contributed by atoms with van der Waals surface area (Å²) in [6, 6.07) is 9.12. The van der Waals surface area contributed by atoms with Gasteiger partial charge in [-0.2, -0.15) is 13.2 Å². The first-order valence-electron chi connectivity index (χ1n) is 6.21. The lowest BCUT2D eigenvalue weighted by Crippen LogP contribution is -2.04. The summed E-state index contributed by atoms with van der Waals surface area (Å²) in [5.41, 5.74) is 0.747. The zero-order chi connectivity index (χ0) is 15.0. The Balaban J connectivity index is 1.79. The molecule has 3 aromatic rings. The van der Waals surface area contributed by atoms with Crippen molar-refractivity contribution in [3.8, 4) is 0 Å². The molecule has 0 aliphatic rings. The van der Waals surface area contributed by atoms with Crippen molar-refractivity contribution < 1.29 is 17.6 Å². The molecule has 1 atom stereocenters. The monoisotopic (exact) mass is 312 g/mol. The average molecular weight is 312 g/mol. The molecule has 21 heavy (non-hydrogen) atoms. The van der Waals surface area contributed by atoms with Crippen LogP contribution in [-0.4, -0.2) is 4.98 Å². The summed E-state index contributed by atoms with van der Waals surface area (Å²) in [6.07, 6.45) is -3.53. The van der Waals surface area contributed by atoms with Gasteiger partial charge in [0.15, 0.2) is 5.13 Å². The van der Waals surface area contributed by atoms with E-state index in [1.165, 1.54) is 0 Å². The van der Waals surface area contributed by atoms with Crippen molar-refractivity contribution in [1.29, 1.82) is 0 Å². The van der Waals surface area contributed by atoms with E-state index in [1.807, 2.05) is 37.3 Å². The molecule has 0 bridgehead atoms. The van der Waals surface area contributed by atoms with Crippen LogP contribution in [0.2, 0.25) is 0 Å². The molecule has 0 amide bonds. The number of halogens is 3. The number of benzene rings is 1. The molecular weight excluding hydrogens is 301 g/mol. The predicted octanol–water partition coefficient (Wildman–Crippen LogP) is 5.08. The Kier molecular flexibility index (Phi) is 3.36. The van der Waals surface area contributed by atoms with E-state index in [-0.39, 0.29) is 11.2 Å². The van der Waals surface area contributed by atoms with E-state index in [1.54, 1.807) is 0 Å². The second-order valence-corrected chi connectivity index (χ2v) is 5.61. The van der Waals surface area contributed by atoms with Crippen LogP contribution in [-0.2, 0) is 6.18 Å². The van der Waals surface area contributed by atoms with Gasteiger partial charge in [-0.15, -0.1) is 0 Å². The van der Waals surface area contributed by atoms with Crippen molar-refractivity contribution in [2.75, 3.05) is 5.32 Å². The summed E-state index contributed by atoms with van der Waals surface area (Å²) >= 11 is 0.581. The molecule has 2 aromatic heterocycles. The van der Waals surface area contributed by atoms with Gasteiger partial charge in [0.05, 0.1) is 12.2 Å². The number of nitrogens with one attached hydrogen (secondary N) is 1. The van der Waals surface area contributed by atoms with E-state index >= 15 is 0 Å². The zero-order valence-electron chi connectivity index (χ0n) is 10.9. The number of hydrogen-bond donors (Lipinski definition) is 1. The minimum atomic E-state index is -4.36. The molecule has 0 aliphatic carbocycles. The SMILES string of the molecule is CC(Nc1ncc(C(F)(F)F)s1)c1cc2ccccc2o1. The minimum Gasteiger partial charge on any atom is -0.459 e. The fourth-order valence-corrected chi connectivity index (χ4v) is 2.71. The molecule has 1 aromatic carbocycles. The van der Waals surface area contributed by atoms with Crippen LogP contribution in [0.15, 0.2) is 40.9 Å². The van der Waals surface area contributed by atoms with Gasteiger partial charge in [-0.05, 0) is 19.1 Å². The number of anilines is 1. The number of thiazole rings is 1. The number of nitrogens with zero attached hydrogens (tertiary/aromatic N) is 1. The number of furan rings is 1. The molecule has 2 heterocycles. The van der Waals surface area contributed by atoms with Gasteiger partial charge in [0, 0.05) is 5.39 Å². The van der Waals surface area contributed by atoms with Crippen molar-refractivity contribution in [3.63, 3.8) is 0 Å². The quantitative estimate of drug-likeness (QED) is 0.733. The fraction of sp³-hybridized carbons (Fsp3) is 0.214. The third kappa shape index (κ3) is 2.87. The van der Waals surface area contributed by atoms with Crippen molar-refractivity contribution >= 4 is 27.4 Å². The zero-order valence-corrected chi connectivity index (χ0v) is 11.8. The van der Waals surface area contributed by atoms with Crippen LogP contribution in [0.5, 0.6) is 0 Å².